The Morgan fingerprint density at radius 2 is 2.00 bits per heavy atom. The zero-order valence-corrected chi connectivity index (χ0v) is 13.3. The minimum Gasteiger partial charge on any atom is -0.374 e. The number of rotatable bonds is 4. The molecule has 0 saturated heterocycles. The molecule has 5 nitrogen and oxygen atoms in total. The van der Waals surface area contributed by atoms with Crippen LogP contribution in [-0.4, -0.2) is 44.7 Å². The highest BCUT2D eigenvalue weighted by molar-refractivity contribution is 5.77. The normalized spacial score (nSPS) is 19.4. The van der Waals surface area contributed by atoms with Crippen LogP contribution in [0.1, 0.15) is 44.3 Å². The van der Waals surface area contributed by atoms with E-state index < -0.39 is 29.9 Å². The van der Waals surface area contributed by atoms with Crippen LogP contribution in [0.15, 0.2) is 12.4 Å². The molecule has 1 N–H and O–H groups in total. The van der Waals surface area contributed by atoms with Gasteiger partial charge in [0.05, 0.1) is 6.42 Å². The zero-order chi connectivity index (χ0) is 17.3. The largest absolute Gasteiger partial charge is 0.425 e. The standard InChI is InChI=1S/C15H22F3N3O2/c1-20-9-8-19-13(20)14(23,15(16,17)18)10-12(22)21(2)11-6-4-3-5-7-11/h8-9,11,23H,3-7,10H2,1-2H3. The molecule has 1 atom stereocenters. The molecule has 0 aromatic carbocycles. The Balaban J connectivity index is 2.21. The molecule has 2 rings (SSSR count). The van der Waals surface area contributed by atoms with Crippen molar-refractivity contribution in [3.8, 4) is 0 Å². The number of halogens is 3. The van der Waals surface area contributed by atoms with Crippen molar-refractivity contribution < 1.29 is 23.1 Å². The fraction of sp³-hybridized carbons (Fsp3) is 0.733. The van der Waals surface area contributed by atoms with Gasteiger partial charge in [0.15, 0.2) is 5.82 Å². The van der Waals surface area contributed by atoms with Crippen molar-refractivity contribution in [3.05, 3.63) is 18.2 Å². The number of aromatic nitrogens is 2. The monoisotopic (exact) mass is 333 g/mol. The van der Waals surface area contributed by atoms with Gasteiger partial charge in [-0.05, 0) is 12.8 Å². The minimum atomic E-state index is -4.99. The van der Waals surface area contributed by atoms with E-state index in [0.717, 1.165) is 36.7 Å². The fourth-order valence-corrected chi connectivity index (χ4v) is 3.09. The Hall–Kier alpha value is -1.57. The maximum absolute atomic E-state index is 13.4. The van der Waals surface area contributed by atoms with Crippen LogP contribution in [0.25, 0.3) is 0 Å². The van der Waals surface area contributed by atoms with Gasteiger partial charge in [-0.2, -0.15) is 13.2 Å². The van der Waals surface area contributed by atoms with E-state index in [0.29, 0.717) is 0 Å². The number of carbonyl (C=O) groups is 1. The molecule has 1 aliphatic rings. The molecular weight excluding hydrogens is 311 g/mol. The molecule has 1 aromatic rings. The number of aliphatic hydroxyl groups is 1. The number of carbonyl (C=O) groups excluding carboxylic acids is 1. The van der Waals surface area contributed by atoms with Crippen LogP contribution >= 0.6 is 0 Å². The van der Waals surface area contributed by atoms with Crippen LogP contribution in [0, 0.1) is 0 Å². The Labute approximate surface area is 133 Å². The van der Waals surface area contributed by atoms with Gasteiger partial charge in [0.1, 0.15) is 0 Å². The summed E-state index contributed by atoms with van der Waals surface area (Å²) in [5.41, 5.74) is -3.29. The van der Waals surface area contributed by atoms with Gasteiger partial charge in [-0.15, -0.1) is 0 Å². The highest BCUT2D eigenvalue weighted by Gasteiger charge is 2.59. The second kappa shape index (κ2) is 6.51. The first-order valence-electron chi connectivity index (χ1n) is 7.69. The predicted octanol–water partition coefficient (Wildman–Crippen LogP) is 2.35. The number of hydrogen-bond donors (Lipinski definition) is 1. The molecule has 1 fully saturated rings. The molecule has 1 unspecified atom stereocenters. The summed E-state index contributed by atoms with van der Waals surface area (Å²) in [6.07, 6.45) is 1.01. The van der Waals surface area contributed by atoms with Gasteiger partial charge in [-0.25, -0.2) is 4.98 Å². The summed E-state index contributed by atoms with van der Waals surface area (Å²) in [6, 6.07) is -0.0601. The predicted molar refractivity (Wildman–Crippen MR) is 77.4 cm³/mol. The van der Waals surface area contributed by atoms with E-state index in [9.17, 15) is 23.1 Å². The molecule has 1 heterocycles. The first-order valence-corrected chi connectivity index (χ1v) is 7.69. The van der Waals surface area contributed by atoms with Crippen molar-refractivity contribution in [3.63, 3.8) is 0 Å². The average molecular weight is 333 g/mol. The van der Waals surface area contributed by atoms with Gasteiger partial charge < -0.3 is 14.6 Å². The second-order valence-corrected chi connectivity index (χ2v) is 6.19. The van der Waals surface area contributed by atoms with Crippen molar-refractivity contribution in [2.24, 2.45) is 7.05 Å². The van der Waals surface area contributed by atoms with Gasteiger partial charge in [0.25, 0.3) is 0 Å². The lowest BCUT2D eigenvalue weighted by molar-refractivity contribution is -0.272. The van der Waals surface area contributed by atoms with E-state index in [1.54, 1.807) is 0 Å². The highest BCUT2D eigenvalue weighted by atomic mass is 19.4. The van der Waals surface area contributed by atoms with Crippen molar-refractivity contribution >= 4 is 5.91 Å². The van der Waals surface area contributed by atoms with Crippen molar-refractivity contribution in [1.29, 1.82) is 0 Å². The summed E-state index contributed by atoms with van der Waals surface area (Å²) in [5, 5.41) is 10.3. The summed E-state index contributed by atoms with van der Waals surface area (Å²) < 4.78 is 41.4. The lowest BCUT2D eigenvalue weighted by atomic mass is 9.92. The molecule has 0 aliphatic heterocycles. The molecule has 8 heteroatoms. The maximum Gasteiger partial charge on any atom is 0.425 e. The first kappa shape index (κ1) is 17.8. The number of alkyl halides is 3. The lowest BCUT2D eigenvalue weighted by Crippen LogP contribution is -2.49. The van der Waals surface area contributed by atoms with Crippen LogP contribution < -0.4 is 0 Å². The summed E-state index contributed by atoms with van der Waals surface area (Å²) in [6.45, 7) is 0. The number of nitrogens with zero attached hydrogens (tertiary/aromatic N) is 3. The molecule has 130 valence electrons. The first-order chi connectivity index (χ1) is 10.7. The Bertz CT molecular complexity index is 552. The van der Waals surface area contributed by atoms with E-state index in [2.05, 4.69) is 4.98 Å². The minimum absolute atomic E-state index is 0.0601. The van der Waals surface area contributed by atoms with E-state index >= 15 is 0 Å². The lowest BCUT2D eigenvalue weighted by Gasteiger charge is -2.35. The molecule has 0 bridgehead atoms. The van der Waals surface area contributed by atoms with Crippen molar-refractivity contribution in [2.75, 3.05) is 7.05 Å². The molecule has 1 saturated carbocycles. The van der Waals surface area contributed by atoms with Crippen LogP contribution in [0.2, 0.25) is 0 Å². The van der Waals surface area contributed by atoms with E-state index in [1.165, 1.54) is 31.4 Å². The van der Waals surface area contributed by atoms with Crippen LogP contribution in [0.4, 0.5) is 13.2 Å². The molecule has 1 amide bonds. The molecule has 23 heavy (non-hydrogen) atoms. The zero-order valence-electron chi connectivity index (χ0n) is 13.3. The third kappa shape index (κ3) is 3.52. The quantitative estimate of drug-likeness (QED) is 0.920. The number of amides is 1. The summed E-state index contributed by atoms with van der Waals surface area (Å²) >= 11 is 0. The smallest absolute Gasteiger partial charge is 0.374 e. The van der Waals surface area contributed by atoms with Gasteiger partial charge in [0, 0.05) is 32.5 Å². The Morgan fingerprint density at radius 1 is 1.39 bits per heavy atom. The summed E-state index contributed by atoms with van der Waals surface area (Å²) in [4.78, 5) is 17.3. The molecule has 0 spiro atoms. The number of aryl methyl sites for hydroxylation is 1. The molecule has 1 aromatic heterocycles. The molecule has 0 radical (unpaired) electrons. The van der Waals surface area contributed by atoms with Gasteiger partial charge in [-0.3, -0.25) is 4.79 Å². The average Bonchev–Trinajstić information content (AvgIpc) is 2.92. The summed E-state index contributed by atoms with van der Waals surface area (Å²) in [7, 11) is 2.86. The van der Waals surface area contributed by atoms with E-state index in [4.69, 9.17) is 0 Å². The van der Waals surface area contributed by atoms with Gasteiger partial charge in [-0.1, -0.05) is 19.3 Å². The Morgan fingerprint density at radius 3 is 2.48 bits per heavy atom. The highest BCUT2D eigenvalue weighted by Crippen LogP contribution is 2.41. The third-order valence-electron chi connectivity index (χ3n) is 4.58. The third-order valence-corrected chi connectivity index (χ3v) is 4.58. The topological polar surface area (TPSA) is 58.4 Å². The number of hydrogen-bond acceptors (Lipinski definition) is 3. The van der Waals surface area contributed by atoms with Crippen molar-refractivity contribution in [2.45, 2.75) is 56.3 Å². The van der Waals surface area contributed by atoms with Gasteiger partial charge in [0.2, 0.25) is 11.5 Å². The molecule has 1 aliphatic carbocycles. The van der Waals surface area contributed by atoms with Crippen LogP contribution in [0.3, 0.4) is 0 Å². The second-order valence-electron chi connectivity index (χ2n) is 6.19. The van der Waals surface area contributed by atoms with Crippen molar-refractivity contribution in [1.82, 2.24) is 14.5 Å². The Kier molecular flexibility index (Phi) is 5.03. The SMILES string of the molecule is CN(C(=O)CC(O)(c1nccn1C)C(F)(F)F)C1CCCCC1. The van der Waals surface area contributed by atoms with Crippen LogP contribution in [-0.2, 0) is 17.4 Å². The summed E-state index contributed by atoms with van der Waals surface area (Å²) in [5.74, 6) is -1.30. The fourth-order valence-electron chi connectivity index (χ4n) is 3.09. The molecular formula is C15H22F3N3O2. The van der Waals surface area contributed by atoms with E-state index in [1.807, 2.05) is 0 Å². The maximum atomic E-state index is 13.4. The van der Waals surface area contributed by atoms with E-state index in [-0.39, 0.29) is 6.04 Å². The van der Waals surface area contributed by atoms with Crippen LogP contribution in [0.5, 0.6) is 0 Å². The van der Waals surface area contributed by atoms with Gasteiger partial charge >= 0.3 is 6.18 Å². The number of imidazole rings is 1.